The maximum Gasteiger partial charge on any atom is 0.142 e. The van der Waals surface area contributed by atoms with Gasteiger partial charge in [0, 0.05) is 10.6 Å². The summed E-state index contributed by atoms with van der Waals surface area (Å²) in [7, 11) is 0. The predicted molar refractivity (Wildman–Crippen MR) is 67.1 cm³/mol. The molecule has 3 heteroatoms. The fourth-order valence-electron chi connectivity index (χ4n) is 1.42. The fourth-order valence-corrected chi connectivity index (χ4v) is 2.29. The summed E-state index contributed by atoms with van der Waals surface area (Å²) in [6.07, 6.45) is 0. The largest absolute Gasteiger partial charge is 0.206 e. The number of halogens is 1. The second kappa shape index (κ2) is 5.51. The molecule has 0 atom stereocenters. The molecule has 0 aromatic heterocycles. The molecule has 0 bridgehead atoms. The molecule has 2 aromatic rings. The van der Waals surface area contributed by atoms with Gasteiger partial charge in [0.25, 0.3) is 0 Å². The number of rotatable bonds is 3. The topological polar surface area (TPSA) is 23.8 Å². The molecule has 17 heavy (non-hydrogen) atoms. The molecule has 0 aliphatic heterocycles. The van der Waals surface area contributed by atoms with Crippen molar-refractivity contribution in [2.75, 3.05) is 0 Å². The lowest BCUT2D eigenvalue weighted by Crippen LogP contribution is -1.85. The van der Waals surface area contributed by atoms with Crippen LogP contribution in [0.5, 0.6) is 0 Å². The van der Waals surface area contributed by atoms with Crippen molar-refractivity contribution in [2.45, 2.75) is 10.6 Å². The van der Waals surface area contributed by atoms with E-state index >= 15 is 0 Å². The summed E-state index contributed by atoms with van der Waals surface area (Å²) >= 11 is 1.56. The second-order valence-electron chi connectivity index (χ2n) is 3.53. The highest BCUT2D eigenvalue weighted by atomic mass is 32.2. The van der Waals surface area contributed by atoms with Crippen molar-refractivity contribution in [3.63, 3.8) is 0 Å². The maximum absolute atomic E-state index is 13.3. The lowest BCUT2D eigenvalue weighted by Gasteiger charge is -2.02. The van der Waals surface area contributed by atoms with Gasteiger partial charge >= 0.3 is 0 Å². The minimum Gasteiger partial charge on any atom is -0.206 e. The zero-order valence-corrected chi connectivity index (χ0v) is 9.88. The van der Waals surface area contributed by atoms with E-state index < -0.39 is 5.82 Å². The van der Waals surface area contributed by atoms with Gasteiger partial charge in [-0.25, -0.2) is 4.39 Å². The molecule has 0 radical (unpaired) electrons. The summed E-state index contributed by atoms with van der Waals surface area (Å²) < 4.78 is 13.3. The molecule has 84 valence electrons. The zero-order chi connectivity index (χ0) is 12.1. The number of hydrogen-bond acceptors (Lipinski definition) is 2. The van der Waals surface area contributed by atoms with Gasteiger partial charge in [0.2, 0.25) is 0 Å². The zero-order valence-electron chi connectivity index (χ0n) is 9.06. The summed E-state index contributed by atoms with van der Waals surface area (Å²) in [5.74, 6) is 0.345. The van der Waals surface area contributed by atoms with Gasteiger partial charge in [-0.2, -0.15) is 5.26 Å². The highest BCUT2D eigenvalue weighted by Crippen LogP contribution is 2.24. The first kappa shape index (κ1) is 11.7. The van der Waals surface area contributed by atoms with Crippen LogP contribution in [0.25, 0.3) is 0 Å². The lowest BCUT2D eigenvalue weighted by molar-refractivity contribution is 0.620. The van der Waals surface area contributed by atoms with E-state index in [1.54, 1.807) is 17.8 Å². The van der Waals surface area contributed by atoms with Crippen LogP contribution in [0.4, 0.5) is 4.39 Å². The molecule has 0 fully saturated rings. The average molecular weight is 243 g/mol. The van der Waals surface area contributed by atoms with Crippen molar-refractivity contribution in [2.24, 2.45) is 0 Å². The molecule has 0 N–H and O–H groups in total. The Morgan fingerprint density at radius 1 is 1.12 bits per heavy atom. The van der Waals surface area contributed by atoms with Crippen molar-refractivity contribution in [3.05, 3.63) is 65.5 Å². The van der Waals surface area contributed by atoms with Gasteiger partial charge in [0.15, 0.2) is 0 Å². The summed E-state index contributed by atoms with van der Waals surface area (Å²) in [4.78, 5) is 0.838. The van der Waals surface area contributed by atoms with Crippen LogP contribution in [0.15, 0.2) is 53.4 Å². The summed E-state index contributed by atoms with van der Waals surface area (Å²) in [5, 5.41) is 8.62. The van der Waals surface area contributed by atoms with Crippen molar-refractivity contribution in [1.82, 2.24) is 0 Å². The summed E-state index contributed by atoms with van der Waals surface area (Å²) in [5.41, 5.74) is 1.29. The van der Waals surface area contributed by atoms with Crippen LogP contribution in [-0.2, 0) is 5.75 Å². The second-order valence-corrected chi connectivity index (χ2v) is 4.58. The van der Waals surface area contributed by atoms with Crippen LogP contribution in [0.2, 0.25) is 0 Å². The molecule has 0 aliphatic carbocycles. The SMILES string of the molecule is N#Cc1ccc(SCc2ccccc2)cc1F. The van der Waals surface area contributed by atoms with Gasteiger partial charge in [-0.05, 0) is 23.8 Å². The van der Waals surface area contributed by atoms with Crippen molar-refractivity contribution in [3.8, 4) is 6.07 Å². The third-order valence-corrected chi connectivity index (χ3v) is 3.37. The standard InChI is InChI=1S/C14H10FNS/c15-14-8-13(7-6-12(14)9-16)17-10-11-4-2-1-3-5-11/h1-8H,10H2. The molecule has 0 saturated heterocycles. The Labute approximate surface area is 104 Å². The first-order valence-corrected chi connectivity index (χ1v) is 6.14. The lowest BCUT2D eigenvalue weighted by atomic mass is 10.2. The Kier molecular flexibility index (Phi) is 3.79. The van der Waals surface area contributed by atoms with E-state index in [-0.39, 0.29) is 5.56 Å². The van der Waals surface area contributed by atoms with Crippen molar-refractivity contribution in [1.29, 1.82) is 5.26 Å². The third-order valence-electron chi connectivity index (χ3n) is 2.31. The molecule has 0 saturated carbocycles. The molecule has 0 aliphatic rings. The Bertz CT molecular complexity index is 546. The first-order chi connectivity index (χ1) is 8.29. The van der Waals surface area contributed by atoms with Crippen molar-refractivity contribution < 1.29 is 4.39 Å². The van der Waals surface area contributed by atoms with E-state index in [9.17, 15) is 4.39 Å². The van der Waals surface area contributed by atoms with E-state index in [0.29, 0.717) is 0 Å². The van der Waals surface area contributed by atoms with E-state index in [0.717, 1.165) is 10.6 Å². The van der Waals surface area contributed by atoms with Crippen LogP contribution in [0.1, 0.15) is 11.1 Å². The molecule has 0 spiro atoms. The smallest absolute Gasteiger partial charge is 0.142 e. The highest BCUT2D eigenvalue weighted by Gasteiger charge is 2.03. The number of thioether (sulfide) groups is 1. The monoisotopic (exact) mass is 243 g/mol. The molecule has 2 aromatic carbocycles. The Morgan fingerprint density at radius 2 is 1.88 bits per heavy atom. The van der Waals surface area contributed by atoms with E-state index in [1.807, 2.05) is 36.4 Å². The summed E-state index contributed by atoms with van der Waals surface area (Å²) in [6.45, 7) is 0. The van der Waals surface area contributed by atoms with E-state index in [1.165, 1.54) is 17.7 Å². The van der Waals surface area contributed by atoms with Crippen LogP contribution < -0.4 is 0 Å². The van der Waals surface area contributed by atoms with E-state index in [2.05, 4.69) is 0 Å². The minimum absolute atomic E-state index is 0.0917. The molecule has 1 nitrogen and oxygen atoms in total. The van der Waals surface area contributed by atoms with Gasteiger partial charge in [0.05, 0.1) is 5.56 Å². The molecule has 2 rings (SSSR count). The highest BCUT2D eigenvalue weighted by molar-refractivity contribution is 7.98. The predicted octanol–water partition coefficient (Wildman–Crippen LogP) is 3.99. The minimum atomic E-state index is -0.453. The van der Waals surface area contributed by atoms with Gasteiger partial charge in [0.1, 0.15) is 11.9 Å². The first-order valence-electron chi connectivity index (χ1n) is 5.16. The summed E-state index contributed by atoms with van der Waals surface area (Å²) in [6, 6.07) is 16.5. The Morgan fingerprint density at radius 3 is 2.53 bits per heavy atom. The fraction of sp³-hybridized carbons (Fsp3) is 0.0714. The van der Waals surface area contributed by atoms with Crippen LogP contribution >= 0.6 is 11.8 Å². The quantitative estimate of drug-likeness (QED) is 0.761. The molecule has 0 heterocycles. The number of hydrogen-bond donors (Lipinski definition) is 0. The number of nitriles is 1. The number of benzene rings is 2. The molecule has 0 unspecified atom stereocenters. The van der Waals surface area contributed by atoms with Gasteiger partial charge < -0.3 is 0 Å². The molecular formula is C14H10FNS. The van der Waals surface area contributed by atoms with E-state index in [4.69, 9.17) is 5.26 Å². The molecule has 0 amide bonds. The maximum atomic E-state index is 13.3. The third kappa shape index (κ3) is 3.08. The van der Waals surface area contributed by atoms with Crippen LogP contribution in [0.3, 0.4) is 0 Å². The normalized spacial score (nSPS) is 9.88. The Balaban J connectivity index is 2.06. The average Bonchev–Trinajstić information content (AvgIpc) is 2.38. The van der Waals surface area contributed by atoms with Gasteiger partial charge in [-0.15, -0.1) is 11.8 Å². The number of nitrogens with zero attached hydrogens (tertiary/aromatic N) is 1. The van der Waals surface area contributed by atoms with Crippen LogP contribution in [-0.4, -0.2) is 0 Å². The van der Waals surface area contributed by atoms with Gasteiger partial charge in [-0.3, -0.25) is 0 Å². The van der Waals surface area contributed by atoms with Crippen LogP contribution in [0, 0.1) is 17.1 Å². The Hall–Kier alpha value is -1.79. The molecular weight excluding hydrogens is 233 g/mol. The van der Waals surface area contributed by atoms with Crippen molar-refractivity contribution >= 4 is 11.8 Å². The van der Waals surface area contributed by atoms with Gasteiger partial charge in [-0.1, -0.05) is 30.3 Å².